The van der Waals surface area contributed by atoms with Gasteiger partial charge in [-0.05, 0) is 18.4 Å². The summed E-state index contributed by atoms with van der Waals surface area (Å²) in [5.74, 6) is -2.76. The number of rotatable bonds is 6. The highest BCUT2D eigenvalue weighted by atomic mass is 16.6. The van der Waals surface area contributed by atoms with Crippen molar-refractivity contribution in [2.75, 3.05) is 26.3 Å². The van der Waals surface area contributed by atoms with Gasteiger partial charge in [-0.15, -0.1) is 0 Å². The van der Waals surface area contributed by atoms with E-state index in [2.05, 4.69) is 6.92 Å². The Balaban J connectivity index is 1.84. The van der Waals surface area contributed by atoms with Crippen LogP contribution >= 0.6 is 0 Å². The predicted molar refractivity (Wildman–Crippen MR) is 112 cm³/mol. The summed E-state index contributed by atoms with van der Waals surface area (Å²) in [6.45, 7) is 6.76. The first-order chi connectivity index (χ1) is 14.9. The van der Waals surface area contributed by atoms with Gasteiger partial charge < -0.3 is 24.4 Å². The second-order valence-electron chi connectivity index (χ2n) is 9.18. The van der Waals surface area contributed by atoms with Crippen molar-refractivity contribution < 1.29 is 29.0 Å². The molecule has 4 rings (SSSR count). The summed E-state index contributed by atoms with van der Waals surface area (Å²) < 4.78 is 11.7. The van der Waals surface area contributed by atoms with E-state index in [-0.39, 0.29) is 30.9 Å². The molecule has 31 heavy (non-hydrogen) atoms. The Labute approximate surface area is 182 Å². The van der Waals surface area contributed by atoms with E-state index in [0.29, 0.717) is 13.1 Å². The summed E-state index contributed by atoms with van der Waals surface area (Å²) in [7, 11) is 0. The van der Waals surface area contributed by atoms with Crippen LogP contribution in [-0.4, -0.2) is 82.8 Å². The Morgan fingerprint density at radius 1 is 1.23 bits per heavy atom. The van der Waals surface area contributed by atoms with Crippen molar-refractivity contribution >= 4 is 17.8 Å². The molecule has 2 fully saturated rings. The third-order valence-corrected chi connectivity index (χ3v) is 7.03. The topological polar surface area (TPSA) is 96.4 Å². The number of fused-ring (bicyclic) bond motifs is 2. The number of nitrogens with zero attached hydrogens (tertiary/aromatic N) is 2. The van der Waals surface area contributed by atoms with Crippen molar-refractivity contribution in [3.63, 3.8) is 0 Å². The van der Waals surface area contributed by atoms with E-state index >= 15 is 0 Å². The number of unbranched alkanes of at least 4 members (excludes halogenated alkanes) is 1. The third-order valence-electron chi connectivity index (χ3n) is 7.03. The number of ether oxygens (including phenoxy) is 2. The van der Waals surface area contributed by atoms with Crippen LogP contribution in [0, 0.1) is 17.8 Å². The molecule has 170 valence electrons. The first-order valence-electron chi connectivity index (χ1n) is 11.3. The lowest BCUT2D eigenvalue weighted by molar-refractivity contribution is -0.155. The van der Waals surface area contributed by atoms with Crippen LogP contribution in [0.2, 0.25) is 0 Å². The van der Waals surface area contributed by atoms with Gasteiger partial charge in [0.25, 0.3) is 0 Å². The SMILES string of the molecule is CCCCN1CC=C[C@]23O[C@@H]4C=CCOC(=O)[C@@H]4[C@H]2C(=O)N([C@@H](CO)C(C)C)C3C1=O. The van der Waals surface area contributed by atoms with Gasteiger partial charge in [0.1, 0.15) is 24.2 Å². The molecule has 1 spiro atoms. The lowest BCUT2D eigenvalue weighted by Gasteiger charge is -2.39. The molecule has 0 aliphatic carbocycles. The molecule has 1 N–H and O–H groups in total. The summed E-state index contributed by atoms with van der Waals surface area (Å²) in [6.07, 6.45) is 8.34. The molecule has 0 aromatic carbocycles. The van der Waals surface area contributed by atoms with Crippen LogP contribution in [0.5, 0.6) is 0 Å². The maximum atomic E-state index is 13.8. The largest absolute Gasteiger partial charge is 0.461 e. The standard InChI is InChI=1S/C23H32N2O6/c1-4-5-10-24-11-7-9-23-18(17-16(31-23)8-6-12-30-22(17)29)20(27)25(19(23)21(24)28)15(13-26)14(2)3/h6-9,14-19,26H,4-5,10-13H2,1-3H3/t15-,16+,17-,18-,19?,23-/m0/s1. The molecule has 0 saturated carbocycles. The van der Waals surface area contributed by atoms with Crippen LogP contribution < -0.4 is 0 Å². The molecule has 0 bridgehead atoms. The zero-order chi connectivity index (χ0) is 22.3. The van der Waals surface area contributed by atoms with Crippen molar-refractivity contribution in [3.05, 3.63) is 24.3 Å². The number of cyclic esters (lactones) is 1. The summed E-state index contributed by atoms with van der Waals surface area (Å²) >= 11 is 0. The normalized spacial score (nSPS) is 35.6. The van der Waals surface area contributed by atoms with E-state index in [4.69, 9.17) is 9.47 Å². The highest BCUT2D eigenvalue weighted by molar-refractivity contribution is 5.99. The molecule has 4 aliphatic heterocycles. The first-order valence-corrected chi connectivity index (χ1v) is 11.3. The number of aliphatic hydroxyl groups is 1. The van der Waals surface area contributed by atoms with Crippen LogP contribution in [0.3, 0.4) is 0 Å². The number of likely N-dealkylation sites (tertiary alicyclic amines) is 1. The molecule has 8 nitrogen and oxygen atoms in total. The van der Waals surface area contributed by atoms with Crippen LogP contribution in [-0.2, 0) is 23.9 Å². The molecule has 2 saturated heterocycles. The Morgan fingerprint density at radius 3 is 2.68 bits per heavy atom. The molecule has 0 radical (unpaired) electrons. The number of esters is 1. The number of hydrogen-bond acceptors (Lipinski definition) is 6. The van der Waals surface area contributed by atoms with E-state index in [1.807, 2.05) is 26.0 Å². The van der Waals surface area contributed by atoms with E-state index in [0.717, 1.165) is 12.8 Å². The molecular formula is C23H32N2O6. The zero-order valence-corrected chi connectivity index (χ0v) is 18.4. The monoisotopic (exact) mass is 432 g/mol. The Bertz CT molecular complexity index is 808. The number of carbonyl (C=O) groups excluding carboxylic acids is 3. The quantitative estimate of drug-likeness (QED) is 0.495. The van der Waals surface area contributed by atoms with Crippen LogP contribution in [0.1, 0.15) is 33.6 Å². The summed E-state index contributed by atoms with van der Waals surface area (Å²) in [6, 6.07) is -1.48. The minimum Gasteiger partial charge on any atom is -0.461 e. The smallest absolute Gasteiger partial charge is 0.313 e. The Morgan fingerprint density at radius 2 is 2.00 bits per heavy atom. The van der Waals surface area contributed by atoms with Gasteiger partial charge >= 0.3 is 5.97 Å². The molecule has 4 heterocycles. The van der Waals surface area contributed by atoms with Gasteiger partial charge in [-0.2, -0.15) is 0 Å². The van der Waals surface area contributed by atoms with Crippen molar-refractivity contribution in [3.8, 4) is 0 Å². The van der Waals surface area contributed by atoms with Gasteiger partial charge in [-0.1, -0.05) is 45.4 Å². The number of carbonyl (C=O) groups is 3. The number of hydrogen-bond donors (Lipinski definition) is 1. The zero-order valence-electron chi connectivity index (χ0n) is 18.4. The number of aliphatic hydroxyl groups excluding tert-OH is 1. The van der Waals surface area contributed by atoms with E-state index < -0.39 is 41.6 Å². The molecular weight excluding hydrogens is 400 g/mol. The van der Waals surface area contributed by atoms with Crippen molar-refractivity contribution in [1.82, 2.24) is 9.80 Å². The van der Waals surface area contributed by atoms with E-state index in [9.17, 15) is 19.5 Å². The summed E-state index contributed by atoms with van der Waals surface area (Å²) in [5.41, 5.74) is -1.26. The van der Waals surface area contributed by atoms with Gasteiger partial charge in [-0.3, -0.25) is 14.4 Å². The molecule has 1 unspecified atom stereocenters. The fraction of sp³-hybridized carbons (Fsp3) is 0.696. The fourth-order valence-corrected chi connectivity index (χ4v) is 5.48. The van der Waals surface area contributed by atoms with Gasteiger partial charge in [-0.25, -0.2) is 0 Å². The molecule has 2 amide bonds. The minimum atomic E-state index is -1.26. The Hall–Kier alpha value is -2.19. The summed E-state index contributed by atoms with van der Waals surface area (Å²) in [5, 5.41) is 10.1. The second kappa shape index (κ2) is 8.39. The average Bonchev–Trinajstić information content (AvgIpc) is 3.03. The number of amides is 2. The average molecular weight is 433 g/mol. The minimum absolute atomic E-state index is 0.0780. The predicted octanol–water partition coefficient (Wildman–Crippen LogP) is 0.896. The van der Waals surface area contributed by atoms with Crippen LogP contribution in [0.4, 0.5) is 0 Å². The molecule has 0 aromatic heterocycles. The molecule has 4 aliphatic rings. The maximum absolute atomic E-state index is 13.8. The van der Waals surface area contributed by atoms with E-state index in [1.165, 1.54) is 4.90 Å². The van der Waals surface area contributed by atoms with Crippen molar-refractivity contribution in [2.24, 2.45) is 17.8 Å². The molecule has 8 heteroatoms. The molecule has 0 aromatic rings. The van der Waals surface area contributed by atoms with Crippen LogP contribution in [0.25, 0.3) is 0 Å². The lowest BCUT2D eigenvalue weighted by Crippen LogP contribution is -2.59. The Kier molecular flexibility index (Phi) is 5.96. The van der Waals surface area contributed by atoms with Gasteiger partial charge in [0, 0.05) is 13.1 Å². The van der Waals surface area contributed by atoms with Crippen LogP contribution in [0.15, 0.2) is 24.3 Å². The third kappa shape index (κ3) is 3.31. The van der Waals surface area contributed by atoms with Crippen molar-refractivity contribution in [2.45, 2.75) is 57.4 Å². The summed E-state index contributed by atoms with van der Waals surface area (Å²) in [4.78, 5) is 43.7. The highest BCUT2D eigenvalue weighted by Crippen LogP contribution is 2.54. The van der Waals surface area contributed by atoms with Gasteiger partial charge in [0.15, 0.2) is 0 Å². The second-order valence-corrected chi connectivity index (χ2v) is 9.18. The van der Waals surface area contributed by atoms with E-state index in [1.54, 1.807) is 17.1 Å². The fourth-order valence-electron chi connectivity index (χ4n) is 5.48. The maximum Gasteiger partial charge on any atom is 0.313 e. The first kappa shape index (κ1) is 22.0. The van der Waals surface area contributed by atoms with Gasteiger partial charge in [0.05, 0.1) is 24.7 Å². The van der Waals surface area contributed by atoms with Crippen molar-refractivity contribution in [1.29, 1.82) is 0 Å². The molecule has 6 atom stereocenters. The highest BCUT2D eigenvalue weighted by Gasteiger charge is 2.72. The lowest BCUT2D eigenvalue weighted by atomic mass is 9.78. The van der Waals surface area contributed by atoms with Gasteiger partial charge in [0.2, 0.25) is 11.8 Å².